The first-order valence-corrected chi connectivity index (χ1v) is 8.96. The lowest BCUT2D eigenvalue weighted by Gasteiger charge is -2.38. The Morgan fingerprint density at radius 1 is 1.17 bits per heavy atom. The minimum Gasteiger partial charge on any atom is -0.480 e. The van der Waals surface area contributed by atoms with Gasteiger partial charge < -0.3 is 14.7 Å². The number of carboxylic acid groups (broad SMARTS) is 1. The maximum Gasteiger partial charge on any atom is 0.416 e. The molecule has 1 aliphatic heterocycles. The Morgan fingerprint density at radius 3 is 2.17 bits per heavy atom. The zero-order valence-electron chi connectivity index (χ0n) is 16.8. The number of hydrogen-bond acceptors (Lipinski definition) is 4. The maximum atomic E-state index is 13.7. The van der Waals surface area contributed by atoms with Crippen molar-refractivity contribution in [1.29, 1.82) is 0 Å². The van der Waals surface area contributed by atoms with Crippen LogP contribution in [0.15, 0.2) is 24.3 Å². The molecule has 6 nitrogen and oxygen atoms in total. The molecule has 0 bridgehead atoms. The number of likely N-dealkylation sites (tertiary alicyclic amines) is 1. The van der Waals surface area contributed by atoms with Crippen LogP contribution in [0.1, 0.15) is 51.3 Å². The number of aliphatic carboxylic acids is 1. The van der Waals surface area contributed by atoms with E-state index in [2.05, 4.69) is 0 Å². The molecule has 0 spiro atoms. The second-order valence-electron chi connectivity index (χ2n) is 8.42. The van der Waals surface area contributed by atoms with Crippen LogP contribution in [0.25, 0.3) is 0 Å². The Balaban J connectivity index is 2.84. The number of methoxy groups -OCH3 is 1. The van der Waals surface area contributed by atoms with E-state index in [9.17, 15) is 32.7 Å². The molecule has 0 radical (unpaired) electrons. The van der Waals surface area contributed by atoms with Gasteiger partial charge in [0.2, 0.25) is 5.91 Å². The number of rotatable bonds is 3. The Hall–Kier alpha value is -2.58. The van der Waals surface area contributed by atoms with Crippen molar-refractivity contribution in [2.45, 2.75) is 52.4 Å². The van der Waals surface area contributed by atoms with Gasteiger partial charge in [-0.1, -0.05) is 39.0 Å². The standard InChI is InChI=1S/C20H24F3NO5/c1-18(2,3)16(27)24-13(15(25)26)10-19(4,17(28)29-5)14(24)11-8-6-7-9-12(11)20(21,22)23/h6-9,13-14H,10H2,1-5H3,(H,25,26)/t13-,14-,19-/m0/s1. The number of halogens is 3. The number of alkyl halides is 3. The molecular formula is C20H24F3NO5. The first kappa shape index (κ1) is 22.7. The van der Waals surface area contributed by atoms with Gasteiger partial charge in [0.15, 0.2) is 0 Å². The third kappa shape index (κ3) is 3.95. The fraction of sp³-hybridized carbons (Fsp3) is 0.550. The normalized spacial score (nSPS) is 25.0. The molecule has 1 N–H and O–H groups in total. The minimum absolute atomic E-state index is 0.339. The summed E-state index contributed by atoms with van der Waals surface area (Å²) in [5.74, 6) is -2.95. The molecular weight excluding hydrogens is 391 g/mol. The van der Waals surface area contributed by atoms with Crippen LogP contribution in [-0.2, 0) is 25.3 Å². The van der Waals surface area contributed by atoms with Gasteiger partial charge in [-0.05, 0) is 25.0 Å². The van der Waals surface area contributed by atoms with Crippen molar-refractivity contribution < 1.29 is 37.4 Å². The van der Waals surface area contributed by atoms with Crippen molar-refractivity contribution in [3.63, 3.8) is 0 Å². The lowest BCUT2D eigenvalue weighted by atomic mass is 9.76. The molecule has 1 heterocycles. The van der Waals surface area contributed by atoms with Gasteiger partial charge in [-0.2, -0.15) is 13.2 Å². The Morgan fingerprint density at radius 2 is 1.72 bits per heavy atom. The molecule has 1 fully saturated rings. The van der Waals surface area contributed by atoms with E-state index in [1.165, 1.54) is 45.9 Å². The van der Waals surface area contributed by atoms with Crippen LogP contribution in [0.2, 0.25) is 0 Å². The second kappa shape index (κ2) is 7.35. The van der Waals surface area contributed by atoms with Crippen LogP contribution >= 0.6 is 0 Å². The fourth-order valence-corrected chi connectivity index (χ4v) is 3.87. The van der Waals surface area contributed by atoms with E-state index in [1.807, 2.05) is 0 Å². The highest BCUT2D eigenvalue weighted by molar-refractivity contribution is 5.91. The number of esters is 1. The molecule has 1 amide bonds. The number of nitrogens with zero attached hydrogens (tertiary/aromatic N) is 1. The Kier molecular flexibility index (Phi) is 5.75. The molecule has 160 valence electrons. The number of ether oxygens (including phenoxy) is 1. The summed E-state index contributed by atoms with van der Waals surface area (Å²) in [4.78, 5) is 38.6. The number of benzene rings is 1. The zero-order chi connectivity index (χ0) is 22.4. The Bertz CT molecular complexity index is 830. The molecule has 1 aromatic rings. The molecule has 1 saturated heterocycles. The quantitative estimate of drug-likeness (QED) is 0.762. The van der Waals surface area contributed by atoms with E-state index in [1.54, 1.807) is 0 Å². The molecule has 0 aliphatic carbocycles. The third-order valence-corrected chi connectivity index (χ3v) is 5.21. The number of amides is 1. The average Bonchev–Trinajstić information content (AvgIpc) is 2.93. The molecule has 0 aromatic heterocycles. The summed E-state index contributed by atoms with van der Waals surface area (Å²) in [7, 11) is 1.07. The highest BCUT2D eigenvalue weighted by Crippen LogP contribution is 2.54. The van der Waals surface area contributed by atoms with Crippen molar-refractivity contribution in [3.05, 3.63) is 35.4 Å². The first-order valence-electron chi connectivity index (χ1n) is 8.96. The summed E-state index contributed by atoms with van der Waals surface area (Å²) in [6, 6.07) is 1.64. The number of hydrogen-bond donors (Lipinski definition) is 1. The molecule has 0 saturated carbocycles. The van der Waals surface area contributed by atoms with Crippen molar-refractivity contribution >= 4 is 17.8 Å². The van der Waals surface area contributed by atoms with Gasteiger partial charge >= 0.3 is 18.1 Å². The molecule has 3 atom stereocenters. The first-order chi connectivity index (χ1) is 13.2. The Labute approximate surface area is 166 Å². The topological polar surface area (TPSA) is 83.9 Å². The number of carboxylic acids is 1. The van der Waals surface area contributed by atoms with Gasteiger partial charge in [0.25, 0.3) is 0 Å². The molecule has 1 aliphatic rings. The van der Waals surface area contributed by atoms with E-state index < -0.39 is 52.5 Å². The van der Waals surface area contributed by atoms with Gasteiger partial charge in [-0.15, -0.1) is 0 Å². The molecule has 0 unspecified atom stereocenters. The highest BCUT2D eigenvalue weighted by Gasteiger charge is 2.61. The summed E-state index contributed by atoms with van der Waals surface area (Å²) < 4.78 is 46.0. The van der Waals surface area contributed by atoms with Crippen LogP contribution in [-0.4, -0.2) is 41.0 Å². The van der Waals surface area contributed by atoms with Crippen LogP contribution in [0.5, 0.6) is 0 Å². The van der Waals surface area contributed by atoms with Crippen molar-refractivity contribution in [2.75, 3.05) is 7.11 Å². The summed E-state index contributed by atoms with van der Waals surface area (Å²) in [6.45, 7) is 5.95. The van der Waals surface area contributed by atoms with Crippen LogP contribution < -0.4 is 0 Å². The third-order valence-electron chi connectivity index (χ3n) is 5.21. The van der Waals surface area contributed by atoms with Crippen LogP contribution in [0.4, 0.5) is 13.2 Å². The SMILES string of the molecule is COC(=O)[C@@]1(C)C[C@@H](C(=O)O)N(C(=O)C(C)(C)C)[C@H]1c1ccccc1C(F)(F)F. The van der Waals surface area contributed by atoms with Crippen LogP contribution in [0, 0.1) is 10.8 Å². The number of carbonyl (C=O) groups excluding carboxylic acids is 2. The molecule has 9 heteroatoms. The van der Waals surface area contributed by atoms with Gasteiger partial charge in [0.1, 0.15) is 6.04 Å². The maximum absolute atomic E-state index is 13.7. The summed E-state index contributed by atoms with van der Waals surface area (Å²) >= 11 is 0. The zero-order valence-corrected chi connectivity index (χ0v) is 16.8. The van der Waals surface area contributed by atoms with E-state index in [-0.39, 0.29) is 12.0 Å². The smallest absolute Gasteiger partial charge is 0.416 e. The van der Waals surface area contributed by atoms with Gasteiger partial charge in [0.05, 0.1) is 24.1 Å². The summed E-state index contributed by atoms with van der Waals surface area (Å²) in [6.07, 6.45) is -5.13. The molecule has 29 heavy (non-hydrogen) atoms. The van der Waals surface area contributed by atoms with Crippen LogP contribution in [0.3, 0.4) is 0 Å². The summed E-state index contributed by atoms with van der Waals surface area (Å²) in [5.41, 5.74) is -4.13. The number of carbonyl (C=O) groups is 3. The van der Waals surface area contributed by atoms with Crippen molar-refractivity contribution in [2.24, 2.45) is 10.8 Å². The van der Waals surface area contributed by atoms with E-state index in [0.29, 0.717) is 0 Å². The summed E-state index contributed by atoms with van der Waals surface area (Å²) in [5, 5.41) is 9.71. The van der Waals surface area contributed by atoms with E-state index in [4.69, 9.17) is 4.74 Å². The lowest BCUT2D eigenvalue weighted by molar-refractivity contribution is -0.158. The van der Waals surface area contributed by atoms with Gasteiger partial charge in [-0.25, -0.2) is 4.79 Å². The predicted octanol–water partition coefficient (Wildman–Crippen LogP) is 3.66. The predicted molar refractivity (Wildman–Crippen MR) is 96.6 cm³/mol. The van der Waals surface area contributed by atoms with Gasteiger partial charge in [-0.3, -0.25) is 9.59 Å². The average molecular weight is 415 g/mol. The van der Waals surface area contributed by atoms with Crippen molar-refractivity contribution in [3.8, 4) is 0 Å². The fourth-order valence-electron chi connectivity index (χ4n) is 3.87. The highest BCUT2D eigenvalue weighted by atomic mass is 19.4. The van der Waals surface area contributed by atoms with Crippen molar-refractivity contribution in [1.82, 2.24) is 4.90 Å². The largest absolute Gasteiger partial charge is 0.480 e. The second-order valence-corrected chi connectivity index (χ2v) is 8.42. The van der Waals surface area contributed by atoms with E-state index >= 15 is 0 Å². The lowest BCUT2D eigenvalue weighted by Crippen LogP contribution is -2.48. The van der Waals surface area contributed by atoms with Gasteiger partial charge in [0, 0.05) is 5.41 Å². The molecule has 2 rings (SSSR count). The van der Waals surface area contributed by atoms with E-state index in [0.717, 1.165) is 18.1 Å². The minimum atomic E-state index is -4.76. The monoisotopic (exact) mass is 415 g/mol. The molecule has 1 aromatic carbocycles.